The van der Waals surface area contributed by atoms with Crippen molar-refractivity contribution in [1.29, 1.82) is 0 Å². The van der Waals surface area contributed by atoms with Crippen molar-refractivity contribution in [3.8, 4) is 11.3 Å². The lowest BCUT2D eigenvalue weighted by Gasteiger charge is -2.18. The van der Waals surface area contributed by atoms with Crippen molar-refractivity contribution in [3.63, 3.8) is 0 Å². The van der Waals surface area contributed by atoms with E-state index < -0.39 is 0 Å². The maximum Gasteiger partial charge on any atom is 0.319 e. The zero-order valence-corrected chi connectivity index (χ0v) is 15.0. The van der Waals surface area contributed by atoms with Crippen LogP contribution in [0.5, 0.6) is 0 Å². The van der Waals surface area contributed by atoms with Gasteiger partial charge in [-0.15, -0.1) is 0 Å². The summed E-state index contributed by atoms with van der Waals surface area (Å²) in [6.07, 6.45) is 10.1. The lowest BCUT2D eigenvalue weighted by atomic mass is 9.91. The van der Waals surface area contributed by atoms with Crippen LogP contribution in [0.2, 0.25) is 0 Å². The van der Waals surface area contributed by atoms with Gasteiger partial charge in [0.15, 0.2) is 0 Å². The van der Waals surface area contributed by atoms with Gasteiger partial charge in [-0.3, -0.25) is 0 Å². The number of nitrogens with one attached hydrogen (secondary N) is 2. The third-order valence-corrected chi connectivity index (χ3v) is 5.41. The summed E-state index contributed by atoms with van der Waals surface area (Å²) in [4.78, 5) is 20.7. The summed E-state index contributed by atoms with van der Waals surface area (Å²) in [6.45, 7) is 2.59. The Balaban J connectivity index is 1.30. The van der Waals surface area contributed by atoms with E-state index in [-0.39, 0.29) is 6.03 Å². The molecule has 1 heterocycles. The van der Waals surface area contributed by atoms with Crippen LogP contribution in [0.4, 0.5) is 10.5 Å². The highest BCUT2D eigenvalue weighted by atomic mass is 16.2. The number of urea groups is 1. The maximum absolute atomic E-state index is 12.2. The smallest absolute Gasteiger partial charge is 0.319 e. The molecule has 2 bridgehead atoms. The van der Waals surface area contributed by atoms with Crippen LogP contribution in [0.3, 0.4) is 0 Å². The quantitative estimate of drug-likeness (QED) is 0.797. The molecule has 3 atom stereocenters. The van der Waals surface area contributed by atoms with Crippen LogP contribution in [0, 0.1) is 24.7 Å². The average Bonchev–Trinajstić information content (AvgIpc) is 3.25. The average molecular weight is 348 g/mol. The predicted molar refractivity (Wildman–Crippen MR) is 103 cm³/mol. The molecule has 0 radical (unpaired) electrons. The number of carbonyl (C=O) groups excluding carboxylic acids is 1. The fourth-order valence-corrected chi connectivity index (χ4v) is 4.15. The number of hydrogen-bond acceptors (Lipinski definition) is 3. The highest BCUT2D eigenvalue weighted by molar-refractivity contribution is 5.90. The van der Waals surface area contributed by atoms with Crippen LogP contribution in [-0.4, -0.2) is 22.5 Å². The number of anilines is 1. The van der Waals surface area contributed by atoms with E-state index in [2.05, 4.69) is 32.8 Å². The summed E-state index contributed by atoms with van der Waals surface area (Å²) in [5.41, 5.74) is 2.58. The zero-order valence-electron chi connectivity index (χ0n) is 15.0. The second kappa shape index (κ2) is 7.28. The van der Waals surface area contributed by atoms with Crippen LogP contribution in [0.25, 0.3) is 11.3 Å². The van der Waals surface area contributed by atoms with E-state index in [9.17, 15) is 4.79 Å². The summed E-state index contributed by atoms with van der Waals surface area (Å²) in [5.74, 6) is 2.98. The Morgan fingerprint density at radius 3 is 2.92 bits per heavy atom. The van der Waals surface area contributed by atoms with Crippen LogP contribution >= 0.6 is 0 Å². The molecule has 26 heavy (non-hydrogen) atoms. The maximum atomic E-state index is 12.2. The summed E-state index contributed by atoms with van der Waals surface area (Å²) in [5, 5.41) is 5.90. The van der Waals surface area contributed by atoms with Gasteiger partial charge < -0.3 is 10.6 Å². The minimum Gasteiger partial charge on any atom is -0.338 e. The van der Waals surface area contributed by atoms with Crippen molar-refractivity contribution in [3.05, 3.63) is 54.5 Å². The van der Waals surface area contributed by atoms with Gasteiger partial charge in [0.2, 0.25) is 0 Å². The summed E-state index contributed by atoms with van der Waals surface area (Å²) in [6, 6.07) is 9.44. The van der Waals surface area contributed by atoms with E-state index >= 15 is 0 Å². The Morgan fingerprint density at radius 2 is 2.15 bits per heavy atom. The topological polar surface area (TPSA) is 66.9 Å². The fraction of sp³-hybridized carbons (Fsp3) is 0.381. The number of amides is 2. The van der Waals surface area contributed by atoms with Gasteiger partial charge in [0.25, 0.3) is 0 Å². The van der Waals surface area contributed by atoms with E-state index in [1.54, 1.807) is 6.20 Å². The number of aryl methyl sites for hydroxylation is 1. The molecule has 5 heteroatoms. The van der Waals surface area contributed by atoms with Gasteiger partial charge in [0.05, 0.1) is 5.69 Å². The fourth-order valence-electron chi connectivity index (χ4n) is 4.15. The van der Waals surface area contributed by atoms with Gasteiger partial charge in [0, 0.05) is 24.0 Å². The summed E-state index contributed by atoms with van der Waals surface area (Å²) >= 11 is 0. The largest absolute Gasteiger partial charge is 0.338 e. The van der Waals surface area contributed by atoms with Crippen molar-refractivity contribution < 1.29 is 4.79 Å². The predicted octanol–water partition coefficient (Wildman–Crippen LogP) is 4.18. The molecular formula is C21H24N4O. The minimum atomic E-state index is -0.153. The second-order valence-electron chi connectivity index (χ2n) is 7.28. The molecule has 4 rings (SSSR count). The van der Waals surface area contributed by atoms with Crippen LogP contribution in [0.15, 0.2) is 48.7 Å². The number of benzene rings is 1. The van der Waals surface area contributed by atoms with Crippen molar-refractivity contribution in [2.24, 2.45) is 17.8 Å². The number of rotatable bonds is 5. The van der Waals surface area contributed by atoms with Crippen LogP contribution < -0.4 is 10.6 Å². The van der Waals surface area contributed by atoms with Crippen molar-refractivity contribution in [2.45, 2.75) is 26.2 Å². The molecule has 0 saturated heterocycles. The first-order chi connectivity index (χ1) is 12.7. The SMILES string of the molecule is Cc1nccc(-c2cccc(NC(=O)NCCC3CC4C=CC3C4)c2)n1. The van der Waals surface area contributed by atoms with Gasteiger partial charge >= 0.3 is 6.03 Å². The van der Waals surface area contributed by atoms with E-state index in [1.807, 2.05) is 37.3 Å². The first kappa shape index (κ1) is 16.8. The Morgan fingerprint density at radius 1 is 1.23 bits per heavy atom. The molecule has 5 nitrogen and oxygen atoms in total. The van der Waals surface area contributed by atoms with Crippen molar-refractivity contribution in [1.82, 2.24) is 15.3 Å². The van der Waals surface area contributed by atoms with Gasteiger partial charge in [-0.05, 0) is 62.1 Å². The summed E-state index contributed by atoms with van der Waals surface area (Å²) < 4.78 is 0. The molecule has 0 spiro atoms. The molecular weight excluding hydrogens is 324 g/mol. The lowest BCUT2D eigenvalue weighted by Crippen LogP contribution is -2.31. The normalized spacial score (nSPS) is 23.2. The second-order valence-corrected chi connectivity index (χ2v) is 7.28. The Kier molecular flexibility index (Phi) is 4.69. The molecule has 1 aromatic heterocycles. The molecule has 1 fully saturated rings. The third kappa shape index (κ3) is 3.77. The van der Waals surface area contributed by atoms with Gasteiger partial charge in [-0.25, -0.2) is 14.8 Å². The van der Waals surface area contributed by atoms with Crippen LogP contribution in [-0.2, 0) is 0 Å². The van der Waals surface area contributed by atoms with Crippen molar-refractivity contribution in [2.75, 3.05) is 11.9 Å². The van der Waals surface area contributed by atoms with Gasteiger partial charge in [0.1, 0.15) is 5.82 Å². The highest BCUT2D eigenvalue weighted by Crippen LogP contribution is 2.44. The molecule has 2 amide bonds. The van der Waals surface area contributed by atoms with E-state index in [0.717, 1.165) is 53.5 Å². The van der Waals surface area contributed by atoms with Gasteiger partial charge in [-0.1, -0.05) is 24.3 Å². The van der Waals surface area contributed by atoms with Crippen LogP contribution in [0.1, 0.15) is 25.1 Å². The number of aromatic nitrogens is 2. The minimum absolute atomic E-state index is 0.153. The summed E-state index contributed by atoms with van der Waals surface area (Å²) in [7, 11) is 0. The molecule has 2 N–H and O–H groups in total. The van der Waals surface area contributed by atoms with E-state index in [4.69, 9.17) is 0 Å². The molecule has 134 valence electrons. The molecule has 1 saturated carbocycles. The third-order valence-electron chi connectivity index (χ3n) is 5.41. The van der Waals surface area contributed by atoms with Crippen molar-refractivity contribution >= 4 is 11.7 Å². The van der Waals surface area contributed by atoms with E-state index in [1.165, 1.54) is 12.8 Å². The highest BCUT2D eigenvalue weighted by Gasteiger charge is 2.34. The Hall–Kier alpha value is -2.69. The molecule has 1 aromatic carbocycles. The standard InChI is InChI=1S/C21H24N4O/c1-14-22-10-8-20(24-14)18-3-2-4-19(13-18)25-21(26)23-9-7-17-12-15-5-6-16(17)11-15/h2-6,8,10,13,15-17H,7,9,11-12H2,1H3,(H2,23,25,26). The molecule has 3 unspecified atom stereocenters. The van der Waals surface area contributed by atoms with Gasteiger partial charge in [-0.2, -0.15) is 0 Å². The number of carbonyl (C=O) groups is 1. The first-order valence-electron chi connectivity index (χ1n) is 9.30. The lowest BCUT2D eigenvalue weighted by molar-refractivity contribution is 0.250. The monoisotopic (exact) mass is 348 g/mol. The van der Waals surface area contributed by atoms with E-state index in [0.29, 0.717) is 0 Å². The molecule has 2 aliphatic rings. The molecule has 0 aliphatic heterocycles. The molecule has 2 aliphatic carbocycles. The number of allylic oxidation sites excluding steroid dienone is 2. The number of nitrogens with zero attached hydrogens (tertiary/aromatic N) is 2. The molecule has 2 aromatic rings. The first-order valence-corrected chi connectivity index (χ1v) is 9.30. The zero-order chi connectivity index (χ0) is 17.9. The Bertz CT molecular complexity index is 832. The Labute approximate surface area is 154 Å². The number of fused-ring (bicyclic) bond motifs is 2. The number of hydrogen-bond donors (Lipinski definition) is 2.